The predicted octanol–water partition coefficient (Wildman–Crippen LogP) is 4.44. The fraction of sp³-hybridized carbons (Fsp3) is 0.200. The Kier molecular flexibility index (Phi) is 5.96. The van der Waals surface area contributed by atoms with E-state index in [1.54, 1.807) is 7.11 Å². The molecule has 0 aliphatic rings. The second-order valence-electron chi connectivity index (χ2n) is 5.67. The molecule has 3 rings (SSSR count). The summed E-state index contributed by atoms with van der Waals surface area (Å²) < 4.78 is 5.16. The minimum Gasteiger partial charge on any atom is -0.497 e. The molecular formula is C20H21N3O2S. The van der Waals surface area contributed by atoms with Crippen LogP contribution >= 0.6 is 11.8 Å². The Hall–Kier alpha value is -2.73. The molecule has 3 aromatic rings. The van der Waals surface area contributed by atoms with Crippen LogP contribution < -0.4 is 15.6 Å². The zero-order valence-electron chi connectivity index (χ0n) is 14.8. The van der Waals surface area contributed by atoms with Gasteiger partial charge >= 0.3 is 0 Å². The molecule has 0 saturated carbocycles. The highest BCUT2D eigenvalue weighted by atomic mass is 32.2. The molecule has 134 valence electrons. The summed E-state index contributed by atoms with van der Waals surface area (Å²) in [5.74, 6) is 3.28. The number of hydrogen-bond donors (Lipinski definition) is 2. The van der Waals surface area contributed by atoms with Gasteiger partial charge in [0.2, 0.25) is 5.95 Å². The highest BCUT2D eigenvalue weighted by molar-refractivity contribution is 7.98. The number of hydrogen-bond acceptors (Lipinski definition) is 5. The monoisotopic (exact) mass is 367 g/mol. The zero-order valence-corrected chi connectivity index (χ0v) is 15.6. The summed E-state index contributed by atoms with van der Waals surface area (Å²) in [5.41, 5.74) is 3.41. The smallest absolute Gasteiger partial charge is 0.252 e. The summed E-state index contributed by atoms with van der Waals surface area (Å²) >= 11 is 1.89. The second kappa shape index (κ2) is 8.58. The minimum absolute atomic E-state index is 0.204. The Balaban J connectivity index is 1.80. The standard InChI is InChI=1S/C20H21N3O2S/c1-3-26-13-14-4-8-16(9-5-14)21-20-22-18(12-19(24)23-20)15-6-10-17(25-2)11-7-15/h4-12H,3,13H2,1-2H3,(H2,21,22,23,24). The van der Waals surface area contributed by atoms with E-state index in [1.165, 1.54) is 11.6 Å². The van der Waals surface area contributed by atoms with Crippen molar-refractivity contribution in [2.75, 3.05) is 18.2 Å². The lowest BCUT2D eigenvalue weighted by atomic mass is 10.1. The van der Waals surface area contributed by atoms with Crippen molar-refractivity contribution in [3.63, 3.8) is 0 Å². The van der Waals surface area contributed by atoms with Crippen LogP contribution in [0.25, 0.3) is 11.3 Å². The molecule has 0 fully saturated rings. The second-order valence-corrected chi connectivity index (χ2v) is 6.94. The van der Waals surface area contributed by atoms with Crippen molar-refractivity contribution in [1.82, 2.24) is 9.97 Å². The topological polar surface area (TPSA) is 67.0 Å². The van der Waals surface area contributed by atoms with E-state index in [0.29, 0.717) is 11.6 Å². The number of aromatic amines is 1. The number of ether oxygens (including phenoxy) is 1. The van der Waals surface area contributed by atoms with Gasteiger partial charge in [-0.1, -0.05) is 19.1 Å². The van der Waals surface area contributed by atoms with E-state index >= 15 is 0 Å². The lowest BCUT2D eigenvalue weighted by molar-refractivity contribution is 0.415. The van der Waals surface area contributed by atoms with Gasteiger partial charge in [0.25, 0.3) is 5.56 Å². The first-order valence-corrected chi connectivity index (χ1v) is 9.53. The molecule has 0 atom stereocenters. The molecule has 0 bridgehead atoms. The van der Waals surface area contributed by atoms with Crippen LogP contribution in [0.4, 0.5) is 11.6 Å². The molecule has 0 spiro atoms. The number of benzene rings is 2. The van der Waals surface area contributed by atoms with Crippen LogP contribution in [-0.2, 0) is 5.75 Å². The first kappa shape index (κ1) is 18.1. The Morgan fingerprint density at radius 2 is 1.85 bits per heavy atom. The van der Waals surface area contributed by atoms with Crippen LogP contribution in [0.2, 0.25) is 0 Å². The Morgan fingerprint density at radius 1 is 1.12 bits per heavy atom. The Bertz CT molecular complexity index is 906. The molecule has 0 radical (unpaired) electrons. The molecule has 1 aromatic heterocycles. The molecule has 0 aliphatic heterocycles. The zero-order chi connectivity index (χ0) is 18.4. The van der Waals surface area contributed by atoms with Gasteiger partial charge in [-0.2, -0.15) is 11.8 Å². The molecule has 5 nitrogen and oxygen atoms in total. The lowest BCUT2D eigenvalue weighted by Gasteiger charge is -2.09. The van der Waals surface area contributed by atoms with Gasteiger partial charge in [0, 0.05) is 23.1 Å². The third-order valence-corrected chi connectivity index (χ3v) is 4.76. The van der Waals surface area contributed by atoms with Gasteiger partial charge in [-0.25, -0.2) is 4.98 Å². The van der Waals surface area contributed by atoms with Crippen molar-refractivity contribution >= 4 is 23.4 Å². The number of methoxy groups -OCH3 is 1. The van der Waals surface area contributed by atoms with Gasteiger partial charge in [-0.05, 0) is 47.7 Å². The van der Waals surface area contributed by atoms with Crippen LogP contribution in [-0.4, -0.2) is 22.8 Å². The molecule has 26 heavy (non-hydrogen) atoms. The van der Waals surface area contributed by atoms with Crippen molar-refractivity contribution in [2.24, 2.45) is 0 Å². The third kappa shape index (κ3) is 4.67. The molecular weight excluding hydrogens is 346 g/mol. The number of rotatable bonds is 7. The average Bonchev–Trinajstić information content (AvgIpc) is 2.67. The lowest BCUT2D eigenvalue weighted by Crippen LogP contribution is -2.10. The van der Waals surface area contributed by atoms with Crippen molar-refractivity contribution in [3.05, 3.63) is 70.5 Å². The van der Waals surface area contributed by atoms with Gasteiger partial charge in [0.1, 0.15) is 5.75 Å². The number of anilines is 2. The number of aromatic nitrogens is 2. The predicted molar refractivity (Wildman–Crippen MR) is 108 cm³/mol. The maximum atomic E-state index is 12.0. The first-order valence-electron chi connectivity index (χ1n) is 8.37. The largest absolute Gasteiger partial charge is 0.497 e. The van der Waals surface area contributed by atoms with Gasteiger partial charge in [-0.3, -0.25) is 9.78 Å². The van der Waals surface area contributed by atoms with Gasteiger partial charge < -0.3 is 10.1 Å². The van der Waals surface area contributed by atoms with Crippen molar-refractivity contribution in [1.29, 1.82) is 0 Å². The number of nitrogens with zero attached hydrogens (tertiary/aromatic N) is 1. The van der Waals surface area contributed by atoms with E-state index < -0.39 is 0 Å². The summed E-state index contributed by atoms with van der Waals surface area (Å²) in [6.45, 7) is 2.15. The number of thioether (sulfide) groups is 1. The van der Waals surface area contributed by atoms with Gasteiger partial charge in [-0.15, -0.1) is 0 Å². The van der Waals surface area contributed by atoms with E-state index in [-0.39, 0.29) is 5.56 Å². The molecule has 1 heterocycles. The quantitative estimate of drug-likeness (QED) is 0.646. The van der Waals surface area contributed by atoms with Gasteiger partial charge in [0.15, 0.2) is 0 Å². The summed E-state index contributed by atoms with van der Waals surface area (Å²) in [6, 6.07) is 17.1. The van der Waals surface area contributed by atoms with Crippen molar-refractivity contribution in [3.8, 4) is 17.0 Å². The maximum Gasteiger partial charge on any atom is 0.252 e. The molecule has 0 amide bonds. The molecule has 2 N–H and O–H groups in total. The molecule has 0 unspecified atom stereocenters. The molecule has 0 aliphatic carbocycles. The number of H-pyrrole nitrogens is 1. The van der Waals surface area contributed by atoms with Crippen LogP contribution in [0, 0.1) is 0 Å². The normalized spacial score (nSPS) is 10.5. The fourth-order valence-electron chi connectivity index (χ4n) is 2.47. The van der Waals surface area contributed by atoms with Crippen LogP contribution in [0.15, 0.2) is 59.4 Å². The summed E-state index contributed by atoms with van der Waals surface area (Å²) in [4.78, 5) is 19.3. The van der Waals surface area contributed by atoms with E-state index in [2.05, 4.69) is 34.3 Å². The van der Waals surface area contributed by atoms with Crippen LogP contribution in [0.3, 0.4) is 0 Å². The van der Waals surface area contributed by atoms with E-state index in [0.717, 1.165) is 28.5 Å². The van der Waals surface area contributed by atoms with Crippen LogP contribution in [0.5, 0.6) is 5.75 Å². The Labute approximate surface area is 156 Å². The van der Waals surface area contributed by atoms with Gasteiger partial charge in [0.05, 0.1) is 12.8 Å². The number of nitrogens with one attached hydrogen (secondary N) is 2. The molecule has 0 saturated heterocycles. The minimum atomic E-state index is -0.204. The Morgan fingerprint density at radius 3 is 2.50 bits per heavy atom. The maximum absolute atomic E-state index is 12.0. The summed E-state index contributed by atoms with van der Waals surface area (Å²) in [5, 5.41) is 3.16. The summed E-state index contributed by atoms with van der Waals surface area (Å²) in [7, 11) is 1.62. The summed E-state index contributed by atoms with van der Waals surface area (Å²) in [6.07, 6.45) is 0. The third-order valence-electron chi connectivity index (χ3n) is 3.82. The molecule has 6 heteroatoms. The highest BCUT2D eigenvalue weighted by Gasteiger charge is 2.05. The van der Waals surface area contributed by atoms with Crippen molar-refractivity contribution in [2.45, 2.75) is 12.7 Å². The van der Waals surface area contributed by atoms with Crippen molar-refractivity contribution < 1.29 is 4.74 Å². The molecule has 2 aromatic carbocycles. The average molecular weight is 367 g/mol. The first-order chi connectivity index (χ1) is 12.7. The SMILES string of the molecule is CCSCc1ccc(Nc2nc(-c3ccc(OC)cc3)cc(=O)[nH]2)cc1. The van der Waals surface area contributed by atoms with E-state index in [1.807, 2.05) is 48.2 Å². The van der Waals surface area contributed by atoms with E-state index in [9.17, 15) is 4.79 Å². The fourth-order valence-corrected chi connectivity index (χ4v) is 3.10. The van der Waals surface area contributed by atoms with Crippen LogP contribution in [0.1, 0.15) is 12.5 Å². The van der Waals surface area contributed by atoms with E-state index in [4.69, 9.17) is 4.74 Å². The highest BCUT2D eigenvalue weighted by Crippen LogP contribution is 2.22.